The predicted octanol–water partition coefficient (Wildman–Crippen LogP) is 3.91. The summed E-state index contributed by atoms with van der Waals surface area (Å²) in [6.07, 6.45) is 8.17. The van der Waals surface area contributed by atoms with Gasteiger partial charge < -0.3 is 4.74 Å². The molecule has 2 fully saturated rings. The van der Waals surface area contributed by atoms with Crippen LogP contribution in [0.3, 0.4) is 0 Å². The predicted molar refractivity (Wildman–Crippen MR) is 121 cm³/mol. The first-order valence-corrected chi connectivity index (χ1v) is 13.2. The van der Waals surface area contributed by atoms with Crippen LogP contribution in [0.5, 0.6) is 5.75 Å². The van der Waals surface area contributed by atoms with Crippen LogP contribution in [0, 0.1) is 17.7 Å². The van der Waals surface area contributed by atoms with E-state index in [1.807, 2.05) is 13.0 Å². The molecular formula is C24H32FNO5S. The highest BCUT2D eigenvalue weighted by atomic mass is 32.2. The number of carbonyl (C=O) groups is 2. The van der Waals surface area contributed by atoms with Gasteiger partial charge >= 0.3 is 0 Å². The number of piperidine rings is 1. The molecule has 176 valence electrons. The van der Waals surface area contributed by atoms with Crippen molar-refractivity contribution in [3.05, 3.63) is 41.7 Å². The molecule has 0 bridgehead atoms. The second-order valence-electron chi connectivity index (χ2n) is 8.81. The van der Waals surface area contributed by atoms with Crippen molar-refractivity contribution < 1.29 is 27.1 Å². The summed E-state index contributed by atoms with van der Waals surface area (Å²) >= 11 is 0. The minimum absolute atomic E-state index is 0.00181. The first-order chi connectivity index (χ1) is 15.3. The van der Waals surface area contributed by atoms with Gasteiger partial charge in [-0.3, -0.25) is 14.9 Å². The molecule has 1 aromatic rings. The topological polar surface area (TPSA) is 89.5 Å². The van der Waals surface area contributed by atoms with E-state index in [9.17, 15) is 22.4 Å². The smallest absolute Gasteiger partial charge is 0.229 e. The third-order valence-corrected chi connectivity index (χ3v) is 7.85. The largest absolute Gasteiger partial charge is 0.490 e. The van der Waals surface area contributed by atoms with Gasteiger partial charge in [0.1, 0.15) is 0 Å². The molecule has 2 amide bonds. The van der Waals surface area contributed by atoms with Crippen LogP contribution in [0.25, 0.3) is 0 Å². The summed E-state index contributed by atoms with van der Waals surface area (Å²) in [5, 5.41) is 2.32. The van der Waals surface area contributed by atoms with E-state index >= 15 is 0 Å². The van der Waals surface area contributed by atoms with Gasteiger partial charge in [0, 0.05) is 12.3 Å². The molecule has 2 aliphatic rings. The van der Waals surface area contributed by atoms with E-state index in [0.29, 0.717) is 44.6 Å². The molecule has 8 heteroatoms. The quantitative estimate of drug-likeness (QED) is 0.373. The van der Waals surface area contributed by atoms with E-state index in [-0.39, 0.29) is 40.9 Å². The van der Waals surface area contributed by atoms with Gasteiger partial charge in [0.05, 0.1) is 18.1 Å². The summed E-state index contributed by atoms with van der Waals surface area (Å²) in [6, 6.07) is 4.63. The highest BCUT2D eigenvalue weighted by molar-refractivity contribution is 7.91. The lowest BCUT2D eigenvalue weighted by Crippen LogP contribution is -2.40. The number of sulfone groups is 1. The maximum Gasteiger partial charge on any atom is 0.229 e. The number of nitrogens with one attached hydrogen (secondary N) is 1. The Kier molecular flexibility index (Phi) is 8.45. The summed E-state index contributed by atoms with van der Waals surface area (Å²) in [6.45, 7) is 2.43. The lowest BCUT2D eigenvalue weighted by Gasteiger charge is -2.19. The Labute approximate surface area is 189 Å². The van der Waals surface area contributed by atoms with Gasteiger partial charge in [-0.05, 0) is 68.1 Å². The summed E-state index contributed by atoms with van der Waals surface area (Å²) in [5.41, 5.74) is 0.775. The highest BCUT2D eigenvalue weighted by Crippen LogP contribution is 2.32. The van der Waals surface area contributed by atoms with Crippen LogP contribution in [-0.2, 0) is 19.4 Å². The monoisotopic (exact) mass is 465 g/mol. The maximum atomic E-state index is 14.1. The van der Waals surface area contributed by atoms with E-state index in [1.165, 1.54) is 6.07 Å². The lowest BCUT2D eigenvalue weighted by atomic mass is 9.95. The second kappa shape index (κ2) is 11.1. The van der Waals surface area contributed by atoms with Gasteiger partial charge in [0.2, 0.25) is 11.8 Å². The van der Waals surface area contributed by atoms with Crippen LogP contribution in [0.2, 0.25) is 0 Å². The van der Waals surface area contributed by atoms with Crippen molar-refractivity contribution in [1.29, 1.82) is 0 Å². The zero-order valence-corrected chi connectivity index (χ0v) is 19.3. The van der Waals surface area contributed by atoms with Crippen molar-refractivity contribution in [3.8, 4) is 5.75 Å². The van der Waals surface area contributed by atoms with Crippen LogP contribution in [-0.4, -0.2) is 38.3 Å². The number of benzene rings is 1. The van der Waals surface area contributed by atoms with E-state index in [0.717, 1.165) is 18.4 Å². The van der Waals surface area contributed by atoms with Crippen LogP contribution in [0.15, 0.2) is 30.4 Å². The second-order valence-corrected chi connectivity index (χ2v) is 11.0. The Morgan fingerprint density at radius 2 is 2.00 bits per heavy atom. The Bertz CT molecular complexity index is 955. The molecule has 1 aromatic carbocycles. The molecule has 6 nitrogen and oxygen atoms in total. The molecule has 1 N–H and O–H groups in total. The molecule has 1 aliphatic heterocycles. The van der Waals surface area contributed by atoms with Crippen LogP contribution >= 0.6 is 0 Å². The minimum atomic E-state index is -3.31. The fourth-order valence-electron chi connectivity index (χ4n) is 3.81. The number of imide groups is 1. The van der Waals surface area contributed by atoms with Crippen molar-refractivity contribution in [2.75, 3.05) is 18.1 Å². The molecule has 1 unspecified atom stereocenters. The summed E-state index contributed by atoms with van der Waals surface area (Å²) in [7, 11) is -3.31. The lowest BCUT2D eigenvalue weighted by molar-refractivity contribution is -0.136. The van der Waals surface area contributed by atoms with Crippen LogP contribution in [0.4, 0.5) is 4.39 Å². The highest BCUT2D eigenvalue weighted by Gasteiger charge is 2.26. The third-order valence-electron chi connectivity index (χ3n) is 6.08. The number of allylic oxidation sites excluding steroid dienone is 2. The molecule has 0 spiro atoms. The van der Waals surface area contributed by atoms with Crippen LogP contribution < -0.4 is 10.1 Å². The van der Waals surface area contributed by atoms with Crippen molar-refractivity contribution in [3.63, 3.8) is 0 Å². The number of ether oxygens (including phenoxy) is 1. The molecule has 0 radical (unpaired) electrons. The van der Waals surface area contributed by atoms with E-state index in [2.05, 4.69) is 5.32 Å². The molecule has 32 heavy (non-hydrogen) atoms. The molecule has 0 aromatic heterocycles. The van der Waals surface area contributed by atoms with Crippen LogP contribution in [0.1, 0.15) is 63.4 Å². The average molecular weight is 466 g/mol. The van der Waals surface area contributed by atoms with Crippen molar-refractivity contribution >= 4 is 21.7 Å². The normalized spacial score (nSPS) is 20.4. The Hall–Kier alpha value is -2.22. The van der Waals surface area contributed by atoms with E-state index in [4.69, 9.17) is 4.74 Å². The molecule has 1 heterocycles. The zero-order chi connectivity index (χ0) is 23.1. The first kappa shape index (κ1) is 24.4. The van der Waals surface area contributed by atoms with Crippen molar-refractivity contribution in [2.45, 2.75) is 57.8 Å². The summed E-state index contributed by atoms with van der Waals surface area (Å²) < 4.78 is 45.0. The molecule has 1 saturated carbocycles. The van der Waals surface area contributed by atoms with E-state index in [1.54, 1.807) is 18.2 Å². The number of rotatable bonds is 12. The number of halogens is 1. The Balaban J connectivity index is 1.50. The molecule has 2 atom stereocenters. The SMILES string of the molecule is CC[C@@H](CS(=O)(=O)CC/C=C/CC1CCC(=O)NC1=O)c1ccc(F)c(OCC2CC2)c1. The summed E-state index contributed by atoms with van der Waals surface area (Å²) in [4.78, 5) is 22.9. The minimum Gasteiger partial charge on any atom is -0.490 e. The average Bonchev–Trinajstić information content (AvgIpc) is 3.57. The van der Waals surface area contributed by atoms with Gasteiger partial charge in [-0.2, -0.15) is 0 Å². The number of hydrogen-bond donors (Lipinski definition) is 1. The number of hydrogen-bond acceptors (Lipinski definition) is 5. The van der Waals surface area contributed by atoms with Gasteiger partial charge in [0.25, 0.3) is 0 Å². The maximum absolute atomic E-state index is 14.1. The Morgan fingerprint density at radius 1 is 1.22 bits per heavy atom. The van der Waals surface area contributed by atoms with E-state index < -0.39 is 15.7 Å². The molecule has 1 saturated heterocycles. The van der Waals surface area contributed by atoms with Gasteiger partial charge in [-0.25, -0.2) is 12.8 Å². The van der Waals surface area contributed by atoms with Gasteiger partial charge in [-0.1, -0.05) is 25.1 Å². The van der Waals surface area contributed by atoms with Gasteiger partial charge in [0.15, 0.2) is 21.4 Å². The van der Waals surface area contributed by atoms with Crippen molar-refractivity contribution in [1.82, 2.24) is 5.32 Å². The Morgan fingerprint density at radius 3 is 2.69 bits per heavy atom. The summed E-state index contributed by atoms with van der Waals surface area (Å²) in [5.74, 6) is -0.673. The first-order valence-electron chi connectivity index (χ1n) is 11.4. The molecule has 1 aliphatic carbocycles. The van der Waals surface area contributed by atoms with Crippen molar-refractivity contribution in [2.24, 2.45) is 11.8 Å². The third kappa shape index (κ3) is 7.43. The number of amides is 2. The van der Waals surface area contributed by atoms with Gasteiger partial charge in [-0.15, -0.1) is 0 Å². The zero-order valence-electron chi connectivity index (χ0n) is 18.5. The standard InChI is InChI=1S/C24H32FNO5S/c1-2-18(20-9-11-21(25)22(14-20)31-15-17-7-8-17)16-32(29,30)13-5-3-4-6-19-10-12-23(27)26-24(19)28/h3-4,9,11,14,17-19H,2,5-8,10,12-13,15-16H2,1H3,(H,26,27,28)/b4-3+/t18-,19?/m0/s1. The number of carbonyl (C=O) groups excluding carboxylic acids is 2. The fourth-order valence-corrected chi connectivity index (χ4v) is 5.51. The fraction of sp³-hybridized carbons (Fsp3) is 0.583. The molecule has 3 rings (SSSR count). The molecular weight excluding hydrogens is 433 g/mol.